The molecule has 2 N–H and O–H groups in total. The number of aryl methyl sites for hydroxylation is 1. The molecule has 12 heteroatoms. The lowest BCUT2D eigenvalue weighted by molar-refractivity contribution is -0.117. The Morgan fingerprint density at radius 2 is 2.18 bits per heavy atom. The highest BCUT2D eigenvalue weighted by atomic mass is 31.2. The lowest BCUT2D eigenvalue weighted by Crippen LogP contribution is -2.50. The molecule has 0 spiro atoms. The average molecular weight is 488 g/mol. The number of ether oxygens (including phenoxy) is 2. The van der Waals surface area contributed by atoms with Crippen LogP contribution in [0.15, 0.2) is 11.1 Å². The van der Waals surface area contributed by atoms with Crippen LogP contribution in [-0.4, -0.2) is 74.6 Å². The number of hydrogen-bond donors (Lipinski definition) is 2. The predicted molar refractivity (Wildman–Crippen MR) is 126 cm³/mol. The maximum Gasteiger partial charge on any atom is 0.279 e. The minimum atomic E-state index is -1.51. The van der Waals surface area contributed by atoms with Crippen molar-refractivity contribution in [3.05, 3.63) is 22.5 Å². The van der Waals surface area contributed by atoms with Gasteiger partial charge in [-0.15, -0.1) is 0 Å². The molecule has 5 unspecified atom stereocenters. The second kappa shape index (κ2) is 11.3. The number of fused-ring (bicyclic) bond motifs is 1. The van der Waals surface area contributed by atoms with Crippen molar-refractivity contribution in [3.8, 4) is 0 Å². The van der Waals surface area contributed by atoms with Gasteiger partial charge >= 0.3 is 0 Å². The number of alkyl halides is 1. The third-order valence-electron chi connectivity index (χ3n) is 5.43. The molecule has 186 valence electrons. The zero-order valence-electron chi connectivity index (χ0n) is 21.1. The van der Waals surface area contributed by atoms with Crippen LogP contribution in [0.4, 0.5) is 4.39 Å². The van der Waals surface area contributed by atoms with Crippen LogP contribution in [0.25, 0.3) is 11.2 Å². The van der Waals surface area contributed by atoms with E-state index in [1.807, 2.05) is 6.92 Å². The van der Waals surface area contributed by atoms with Crippen LogP contribution in [-0.2, 0) is 14.0 Å². The maximum atomic E-state index is 16.1. The van der Waals surface area contributed by atoms with Crippen LogP contribution in [0.1, 0.15) is 54.8 Å². The summed E-state index contributed by atoms with van der Waals surface area (Å²) >= 11 is 0. The molecule has 0 saturated carbocycles. The van der Waals surface area contributed by atoms with E-state index in [0.29, 0.717) is 18.1 Å². The Morgan fingerprint density at radius 3 is 2.82 bits per heavy atom. The highest BCUT2D eigenvalue weighted by Crippen LogP contribution is 2.45. The summed E-state index contributed by atoms with van der Waals surface area (Å²) in [6.07, 6.45) is -1.84. The van der Waals surface area contributed by atoms with E-state index in [2.05, 4.69) is 52.4 Å². The highest BCUT2D eigenvalue weighted by Gasteiger charge is 2.44. The molecule has 0 aliphatic carbocycles. The second-order valence-electron chi connectivity index (χ2n) is 8.56. The number of imidazole rings is 1. The summed E-state index contributed by atoms with van der Waals surface area (Å²) in [6.45, 7) is 12.5. The van der Waals surface area contributed by atoms with Crippen molar-refractivity contribution in [2.45, 2.75) is 84.9 Å². The molecule has 0 aromatic carbocycles. The van der Waals surface area contributed by atoms with Crippen molar-refractivity contribution < 1.29 is 19.8 Å². The summed E-state index contributed by atoms with van der Waals surface area (Å²) in [5.74, 6) is 0.413. The van der Waals surface area contributed by atoms with Crippen molar-refractivity contribution in [3.63, 3.8) is 0 Å². The Labute approximate surface area is 196 Å². The van der Waals surface area contributed by atoms with Gasteiger partial charge in [-0.1, -0.05) is 0 Å². The van der Waals surface area contributed by atoms with Gasteiger partial charge in [0.2, 0.25) is 0 Å². The SMILES string of the molecule is [2H]CC1OCC(n2cnc3c(=O)[nH]c(C)nc32)C(F)C1OP(NCOCC)N(C(C)C)C(C)C. The Balaban J connectivity index is 1.92. The number of hydrogen-bond acceptors (Lipinski definition) is 8. The molecule has 0 amide bonds. The second-order valence-corrected chi connectivity index (χ2v) is 10.1. The minimum Gasteiger partial charge on any atom is -0.373 e. The van der Waals surface area contributed by atoms with E-state index in [9.17, 15) is 4.79 Å². The molecular weight excluding hydrogens is 450 g/mol. The first-order chi connectivity index (χ1) is 16.2. The fourth-order valence-corrected chi connectivity index (χ4v) is 5.85. The van der Waals surface area contributed by atoms with Gasteiger partial charge < -0.3 is 23.5 Å². The van der Waals surface area contributed by atoms with Crippen LogP contribution in [0, 0.1) is 6.92 Å². The molecule has 1 fully saturated rings. The standard InChI is InChI=1S/C21H36FN6O4P/c1-8-30-11-24-33(28(12(2)3)13(4)5)32-19-14(6)31-9-16(17(19)22)27-10-23-18-20(27)25-15(7)26-21(18)29/h10,12-14,16-17,19,24H,8-9,11H2,1-7H3,(H,25,26,29)/i6D. The third kappa shape index (κ3) is 5.78. The maximum absolute atomic E-state index is 16.1. The van der Waals surface area contributed by atoms with Crippen molar-refractivity contribution in [1.82, 2.24) is 29.3 Å². The van der Waals surface area contributed by atoms with Crippen LogP contribution in [0.2, 0.25) is 0 Å². The van der Waals surface area contributed by atoms with Crippen molar-refractivity contribution in [2.24, 2.45) is 0 Å². The smallest absolute Gasteiger partial charge is 0.279 e. The number of nitrogens with one attached hydrogen (secondary N) is 2. The van der Waals surface area contributed by atoms with E-state index in [1.165, 1.54) is 10.9 Å². The normalized spacial score (nSPS) is 25.3. The molecule has 1 aliphatic rings. The fraction of sp³-hybridized carbons (Fsp3) is 0.762. The Morgan fingerprint density at radius 1 is 1.45 bits per heavy atom. The van der Waals surface area contributed by atoms with Gasteiger partial charge in [-0.2, -0.15) is 0 Å². The summed E-state index contributed by atoms with van der Waals surface area (Å²) in [4.78, 5) is 23.4. The number of rotatable bonds is 10. The molecule has 2 aromatic heterocycles. The topological polar surface area (TPSA) is 107 Å². The number of H-pyrrole nitrogens is 1. The zero-order valence-corrected chi connectivity index (χ0v) is 21.0. The molecule has 10 nitrogen and oxygen atoms in total. The molecule has 5 atom stereocenters. The number of aromatic amines is 1. The van der Waals surface area contributed by atoms with Crippen molar-refractivity contribution in [1.29, 1.82) is 0 Å². The first-order valence-electron chi connectivity index (χ1n) is 11.9. The van der Waals surface area contributed by atoms with Crippen LogP contribution < -0.4 is 10.6 Å². The molecule has 1 aliphatic heterocycles. The van der Waals surface area contributed by atoms with Crippen molar-refractivity contribution in [2.75, 3.05) is 19.9 Å². The average Bonchev–Trinajstić information content (AvgIpc) is 3.18. The van der Waals surface area contributed by atoms with Crippen molar-refractivity contribution >= 4 is 19.6 Å². The van der Waals surface area contributed by atoms with E-state index >= 15 is 4.39 Å². The molecule has 0 bridgehead atoms. The first kappa shape index (κ1) is 24.6. The third-order valence-corrected chi connectivity index (χ3v) is 7.62. The fourth-order valence-electron chi connectivity index (χ4n) is 3.98. The van der Waals surface area contributed by atoms with Crippen LogP contribution in [0.5, 0.6) is 0 Å². The summed E-state index contributed by atoms with van der Waals surface area (Å²) < 4.78 is 45.5. The quantitative estimate of drug-likeness (QED) is 0.299. The highest BCUT2D eigenvalue weighted by molar-refractivity contribution is 7.47. The monoisotopic (exact) mass is 487 g/mol. The van der Waals surface area contributed by atoms with Crippen LogP contribution in [0.3, 0.4) is 0 Å². The van der Waals surface area contributed by atoms with Gasteiger partial charge in [0.25, 0.3) is 5.56 Å². The van der Waals surface area contributed by atoms with E-state index in [-0.39, 0.29) is 43.4 Å². The molecule has 3 rings (SSSR count). The van der Waals surface area contributed by atoms with Gasteiger partial charge in [0.1, 0.15) is 18.7 Å². The predicted octanol–water partition coefficient (Wildman–Crippen LogP) is 3.04. The van der Waals surface area contributed by atoms with Gasteiger partial charge in [-0.3, -0.25) is 4.79 Å². The summed E-state index contributed by atoms with van der Waals surface area (Å²) in [5, 5.41) is 3.28. The molecular formula is C21H36FN6O4P. The summed E-state index contributed by atoms with van der Waals surface area (Å²) in [6, 6.07) is -0.545. The van der Waals surface area contributed by atoms with Gasteiger partial charge in [0, 0.05) is 20.1 Å². The van der Waals surface area contributed by atoms with Gasteiger partial charge in [-0.05, 0) is 48.4 Å². The Bertz CT molecular complexity index is 984. The Kier molecular flexibility index (Phi) is 8.43. The van der Waals surface area contributed by atoms with E-state index in [4.69, 9.17) is 15.4 Å². The van der Waals surface area contributed by atoms with Gasteiger partial charge in [0.05, 0.1) is 25.1 Å². The van der Waals surface area contributed by atoms with E-state index in [0.717, 1.165) is 0 Å². The van der Waals surface area contributed by atoms with E-state index < -0.39 is 32.9 Å². The number of halogens is 1. The zero-order chi connectivity index (χ0) is 25.0. The first-order valence-corrected chi connectivity index (χ1v) is 12.5. The Hall–Kier alpha value is -1.49. The minimum absolute atomic E-state index is 0.0198. The molecule has 3 heterocycles. The molecule has 2 aromatic rings. The molecule has 1 saturated heterocycles. The number of aromatic nitrogens is 4. The summed E-state index contributed by atoms with van der Waals surface area (Å²) in [5.41, 5.74) is 0.0611. The number of nitrogens with zero attached hydrogens (tertiary/aromatic N) is 4. The molecule has 33 heavy (non-hydrogen) atoms. The molecule has 0 radical (unpaired) electrons. The van der Waals surface area contributed by atoms with Crippen LogP contribution >= 0.6 is 8.45 Å². The van der Waals surface area contributed by atoms with E-state index in [1.54, 1.807) is 6.92 Å². The largest absolute Gasteiger partial charge is 0.373 e. The lowest BCUT2D eigenvalue weighted by Gasteiger charge is -2.43. The van der Waals surface area contributed by atoms with Gasteiger partial charge in [0.15, 0.2) is 25.8 Å². The lowest BCUT2D eigenvalue weighted by atomic mass is 10.0. The summed E-state index contributed by atoms with van der Waals surface area (Å²) in [7, 11) is -1.46. The van der Waals surface area contributed by atoms with Gasteiger partial charge in [-0.25, -0.2) is 24.1 Å².